The van der Waals surface area contributed by atoms with Crippen LogP contribution in [0.5, 0.6) is 5.75 Å². The Morgan fingerprint density at radius 3 is 2.64 bits per heavy atom. The minimum absolute atomic E-state index is 0.357. The quantitative estimate of drug-likeness (QED) is 0.580. The van der Waals surface area contributed by atoms with Crippen LogP contribution in [0.4, 0.5) is 0 Å². The summed E-state index contributed by atoms with van der Waals surface area (Å²) in [4.78, 5) is 1.06. The second-order valence-corrected chi connectivity index (χ2v) is 2.76. The monoisotopic (exact) mass is 151 g/mol. The molecular weight excluding hydrogens is 138 g/mol. The van der Waals surface area contributed by atoms with Gasteiger partial charge in [-0.3, -0.25) is 0 Å². The van der Waals surface area contributed by atoms with E-state index < -0.39 is 0 Å². The van der Waals surface area contributed by atoms with Crippen molar-refractivity contribution in [2.24, 2.45) is 0 Å². The second-order valence-electron chi connectivity index (χ2n) is 2.76. The largest absolute Gasteiger partial charge is 0.507 e. The van der Waals surface area contributed by atoms with Crippen molar-refractivity contribution in [2.45, 2.75) is 6.54 Å². The standard InChI is InChI=1S/C9H13NO/c1-10(2)7-8-5-3-4-6-9(8)11/h3-6,10-11H,1,7H2,2H3. The lowest BCUT2D eigenvalue weighted by atomic mass is 10.2. The van der Waals surface area contributed by atoms with Crippen LogP contribution < -0.4 is 4.90 Å². The lowest BCUT2D eigenvalue weighted by Gasteiger charge is -2.14. The van der Waals surface area contributed by atoms with E-state index in [4.69, 9.17) is 0 Å². The lowest BCUT2D eigenvalue weighted by molar-refractivity contribution is -0.846. The first-order valence-electron chi connectivity index (χ1n) is 3.61. The summed E-state index contributed by atoms with van der Waals surface area (Å²) in [6.45, 7) is 0.757. The van der Waals surface area contributed by atoms with Crippen LogP contribution in [0.15, 0.2) is 24.3 Å². The molecule has 60 valence electrons. The summed E-state index contributed by atoms with van der Waals surface area (Å²) in [5.41, 5.74) is 0.944. The molecule has 0 heterocycles. The first-order valence-corrected chi connectivity index (χ1v) is 3.61. The van der Waals surface area contributed by atoms with Crippen LogP contribution >= 0.6 is 0 Å². The molecule has 0 aliphatic carbocycles. The Labute approximate surface area is 67.1 Å². The molecule has 0 spiro atoms. The van der Waals surface area contributed by atoms with Crippen molar-refractivity contribution in [3.05, 3.63) is 36.9 Å². The Hall–Kier alpha value is -1.02. The van der Waals surface area contributed by atoms with Gasteiger partial charge in [-0.1, -0.05) is 12.1 Å². The summed E-state index contributed by atoms with van der Waals surface area (Å²) in [6, 6.07) is 7.33. The summed E-state index contributed by atoms with van der Waals surface area (Å²) in [7, 11) is 5.73. The Bertz CT molecular complexity index is 233. The van der Waals surface area contributed by atoms with Crippen LogP contribution in [0.25, 0.3) is 0 Å². The first-order chi connectivity index (χ1) is 5.20. The molecule has 1 aromatic rings. The Morgan fingerprint density at radius 2 is 2.09 bits per heavy atom. The number of para-hydroxylation sites is 1. The maximum atomic E-state index is 9.32. The average molecular weight is 151 g/mol. The molecule has 0 radical (unpaired) electrons. The van der Waals surface area contributed by atoms with Crippen molar-refractivity contribution < 1.29 is 10.0 Å². The average Bonchev–Trinajstić information content (AvgIpc) is 1.93. The lowest BCUT2D eigenvalue weighted by Crippen LogP contribution is -3.01. The molecule has 2 heteroatoms. The first kappa shape index (κ1) is 8.08. The van der Waals surface area contributed by atoms with E-state index in [1.807, 2.05) is 25.2 Å². The Kier molecular flexibility index (Phi) is 2.49. The van der Waals surface area contributed by atoms with Gasteiger partial charge in [0.1, 0.15) is 5.75 Å². The third kappa shape index (κ3) is 2.24. The molecule has 1 rings (SSSR count). The van der Waals surface area contributed by atoms with Crippen LogP contribution in [0.2, 0.25) is 0 Å². The summed E-state index contributed by atoms with van der Waals surface area (Å²) in [5, 5.41) is 9.32. The van der Waals surface area contributed by atoms with Crippen molar-refractivity contribution in [2.75, 3.05) is 7.05 Å². The van der Waals surface area contributed by atoms with Gasteiger partial charge >= 0.3 is 0 Å². The van der Waals surface area contributed by atoms with Gasteiger partial charge in [0.05, 0.1) is 6.54 Å². The summed E-state index contributed by atoms with van der Waals surface area (Å²) >= 11 is 0. The summed E-state index contributed by atoms with van der Waals surface area (Å²) < 4.78 is 0. The van der Waals surface area contributed by atoms with Gasteiger partial charge in [0, 0.05) is 12.6 Å². The molecule has 0 aliphatic rings. The highest BCUT2D eigenvalue weighted by atomic mass is 16.3. The molecular formula is C9H13NO. The van der Waals surface area contributed by atoms with Gasteiger partial charge in [-0.15, -0.1) is 0 Å². The molecule has 0 aromatic heterocycles. The fraction of sp³-hybridized carbons (Fsp3) is 0.222. The Morgan fingerprint density at radius 1 is 1.45 bits per heavy atom. The normalized spacial score (nSPS) is 12.9. The topological polar surface area (TPSA) is 24.7 Å². The number of aromatic hydroxyl groups is 1. The number of rotatable bonds is 2. The van der Waals surface area contributed by atoms with Gasteiger partial charge in [0.25, 0.3) is 0 Å². The van der Waals surface area contributed by atoms with Crippen LogP contribution in [0.1, 0.15) is 5.56 Å². The van der Waals surface area contributed by atoms with Crippen LogP contribution in [0, 0.1) is 7.05 Å². The van der Waals surface area contributed by atoms with E-state index in [1.54, 1.807) is 6.07 Å². The van der Waals surface area contributed by atoms with Gasteiger partial charge < -0.3 is 10.0 Å². The number of nitrogens with one attached hydrogen (secondary N) is 1. The van der Waals surface area contributed by atoms with Gasteiger partial charge in [-0.25, -0.2) is 0 Å². The van der Waals surface area contributed by atoms with E-state index >= 15 is 0 Å². The van der Waals surface area contributed by atoms with E-state index in [1.165, 1.54) is 0 Å². The van der Waals surface area contributed by atoms with E-state index in [0.29, 0.717) is 5.75 Å². The molecule has 0 amide bonds. The van der Waals surface area contributed by atoms with Crippen molar-refractivity contribution in [1.82, 2.24) is 0 Å². The van der Waals surface area contributed by atoms with Gasteiger partial charge in [-0.05, 0) is 12.1 Å². The predicted molar refractivity (Wildman–Crippen MR) is 44.1 cm³/mol. The summed E-state index contributed by atoms with van der Waals surface area (Å²) in [6.07, 6.45) is 0. The predicted octanol–water partition coefficient (Wildman–Crippen LogP) is 0.198. The van der Waals surface area contributed by atoms with E-state index in [9.17, 15) is 5.11 Å². The molecule has 0 saturated carbocycles. The van der Waals surface area contributed by atoms with Gasteiger partial charge in [-0.2, -0.15) is 7.05 Å². The van der Waals surface area contributed by atoms with Crippen molar-refractivity contribution in [3.63, 3.8) is 0 Å². The maximum absolute atomic E-state index is 9.32. The Balaban J connectivity index is 2.78. The summed E-state index contributed by atoms with van der Waals surface area (Å²) in [5.74, 6) is 0.357. The fourth-order valence-corrected chi connectivity index (χ4v) is 0.985. The SMILES string of the molecule is [CH2-][NH+](C)Cc1ccccc1O. The number of quaternary nitrogens is 1. The van der Waals surface area contributed by atoms with Crippen LogP contribution in [-0.2, 0) is 6.54 Å². The number of phenols is 1. The minimum Gasteiger partial charge on any atom is -0.507 e. The van der Waals surface area contributed by atoms with Gasteiger partial charge in [0.2, 0.25) is 0 Å². The van der Waals surface area contributed by atoms with Crippen LogP contribution in [0.3, 0.4) is 0 Å². The smallest absolute Gasteiger partial charge is 0.124 e. The minimum atomic E-state index is 0.357. The number of phenolic OH excluding ortho intramolecular Hbond substituents is 1. The molecule has 1 unspecified atom stereocenters. The number of hydrogen-bond donors (Lipinski definition) is 2. The zero-order valence-corrected chi connectivity index (χ0v) is 6.67. The molecule has 0 aliphatic heterocycles. The highest BCUT2D eigenvalue weighted by molar-refractivity contribution is 5.30. The third-order valence-electron chi connectivity index (χ3n) is 1.48. The third-order valence-corrected chi connectivity index (χ3v) is 1.48. The zero-order valence-electron chi connectivity index (χ0n) is 6.67. The highest BCUT2D eigenvalue weighted by Crippen LogP contribution is 2.13. The second kappa shape index (κ2) is 3.39. The van der Waals surface area contributed by atoms with E-state index in [0.717, 1.165) is 17.0 Å². The maximum Gasteiger partial charge on any atom is 0.124 e. The molecule has 2 N–H and O–H groups in total. The number of hydrogen-bond acceptors (Lipinski definition) is 1. The van der Waals surface area contributed by atoms with Gasteiger partial charge in [0.15, 0.2) is 0 Å². The van der Waals surface area contributed by atoms with E-state index in [-0.39, 0.29) is 0 Å². The molecule has 2 nitrogen and oxygen atoms in total. The fourth-order valence-electron chi connectivity index (χ4n) is 0.985. The van der Waals surface area contributed by atoms with E-state index in [2.05, 4.69) is 7.05 Å². The van der Waals surface area contributed by atoms with Crippen molar-refractivity contribution >= 4 is 0 Å². The number of benzene rings is 1. The van der Waals surface area contributed by atoms with Crippen molar-refractivity contribution in [3.8, 4) is 5.75 Å². The molecule has 0 bridgehead atoms. The molecule has 11 heavy (non-hydrogen) atoms. The molecule has 1 atom stereocenters. The molecule has 0 saturated heterocycles. The zero-order chi connectivity index (χ0) is 8.27. The molecule has 1 aromatic carbocycles. The van der Waals surface area contributed by atoms with Crippen molar-refractivity contribution in [1.29, 1.82) is 0 Å². The molecule has 0 fully saturated rings. The van der Waals surface area contributed by atoms with Crippen LogP contribution in [-0.4, -0.2) is 12.2 Å². The highest BCUT2D eigenvalue weighted by Gasteiger charge is 1.99.